The lowest BCUT2D eigenvalue weighted by Crippen LogP contribution is -2.20. The van der Waals surface area contributed by atoms with Crippen LogP contribution < -0.4 is 5.32 Å². The van der Waals surface area contributed by atoms with Crippen LogP contribution in [0.3, 0.4) is 0 Å². The van der Waals surface area contributed by atoms with Gasteiger partial charge >= 0.3 is 0 Å². The number of amides is 1. The lowest BCUT2D eigenvalue weighted by atomic mass is 10.2. The summed E-state index contributed by atoms with van der Waals surface area (Å²) in [5, 5.41) is 21.1. The van der Waals surface area contributed by atoms with E-state index >= 15 is 0 Å². The highest BCUT2D eigenvalue weighted by Crippen LogP contribution is 2.16. The normalized spacial score (nSPS) is 10.4. The summed E-state index contributed by atoms with van der Waals surface area (Å²) in [7, 11) is 0. The number of fused-ring (bicyclic) bond motifs is 1. The molecule has 0 saturated heterocycles. The number of hydrogen-bond acceptors (Lipinski definition) is 4. The molecule has 6 nitrogen and oxygen atoms in total. The van der Waals surface area contributed by atoms with Gasteiger partial charge in [-0.1, -0.05) is 18.2 Å². The predicted molar refractivity (Wildman–Crippen MR) is 85.4 cm³/mol. The van der Waals surface area contributed by atoms with Gasteiger partial charge in [0.2, 0.25) is 5.91 Å². The lowest BCUT2D eigenvalue weighted by molar-refractivity contribution is -0.116. The van der Waals surface area contributed by atoms with E-state index in [-0.39, 0.29) is 19.1 Å². The SMILES string of the molecule is N#Cc1cccc(NC(=O)Cn2c(CO)nc3ccccc32)c1. The van der Waals surface area contributed by atoms with Crippen molar-refractivity contribution in [2.24, 2.45) is 0 Å². The summed E-state index contributed by atoms with van der Waals surface area (Å²) in [6.07, 6.45) is 0. The van der Waals surface area contributed by atoms with E-state index in [9.17, 15) is 9.90 Å². The third-order valence-corrected chi connectivity index (χ3v) is 3.45. The molecule has 0 aliphatic carbocycles. The number of nitrogens with zero attached hydrogens (tertiary/aromatic N) is 3. The van der Waals surface area contributed by atoms with Crippen LogP contribution in [0.25, 0.3) is 11.0 Å². The molecule has 0 unspecified atom stereocenters. The Morgan fingerprint density at radius 2 is 2.09 bits per heavy atom. The number of aliphatic hydroxyl groups excluding tert-OH is 1. The molecule has 2 aromatic carbocycles. The van der Waals surface area contributed by atoms with Gasteiger partial charge in [-0.25, -0.2) is 4.98 Å². The molecule has 3 aromatic rings. The van der Waals surface area contributed by atoms with E-state index in [0.717, 1.165) is 11.0 Å². The molecule has 3 rings (SSSR count). The summed E-state index contributed by atoms with van der Waals surface area (Å²) in [5.41, 5.74) is 2.56. The molecule has 0 bridgehead atoms. The number of para-hydroxylation sites is 2. The van der Waals surface area contributed by atoms with Gasteiger partial charge in [-0.05, 0) is 30.3 Å². The number of nitriles is 1. The monoisotopic (exact) mass is 306 g/mol. The summed E-state index contributed by atoms with van der Waals surface area (Å²) >= 11 is 0. The topological polar surface area (TPSA) is 90.9 Å². The molecule has 0 saturated carbocycles. The molecule has 1 amide bonds. The molecule has 0 atom stereocenters. The quantitative estimate of drug-likeness (QED) is 0.771. The van der Waals surface area contributed by atoms with Crippen LogP contribution in [-0.4, -0.2) is 20.6 Å². The van der Waals surface area contributed by atoms with Crippen molar-refractivity contribution in [3.8, 4) is 6.07 Å². The Labute approximate surface area is 132 Å². The first-order valence-electron chi connectivity index (χ1n) is 7.06. The van der Waals surface area contributed by atoms with Crippen molar-refractivity contribution in [2.75, 3.05) is 5.32 Å². The minimum absolute atomic E-state index is 0.0349. The third kappa shape index (κ3) is 3.05. The first-order chi connectivity index (χ1) is 11.2. The summed E-state index contributed by atoms with van der Waals surface area (Å²) in [6.45, 7) is -0.209. The second kappa shape index (κ2) is 6.30. The second-order valence-corrected chi connectivity index (χ2v) is 5.00. The molecule has 1 aromatic heterocycles. The Bertz CT molecular complexity index is 908. The number of aliphatic hydroxyl groups is 1. The van der Waals surface area contributed by atoms with E-state index in [1.807, 2.05) is 30.3 Å². The van der Waals surface area contributed by atoms with Crippen LogP contribution in [0.4, 0.5) is 5.69 Å². The minimum atomic E-state index is -0.252. The largest absolute Gasteiger partial charge is 0.388 e. The van der Waals surface area contributed by atoms with E-state index in [0.29, 0.717) is 17.1 Å². The van der Waals surface area contributed by atoms with Gasteiger partial charge in [0.05, 0.1) is 22.7 Å². The Balaban J connectivity index is 1.84. The van der Waals surface area contributed by atoms with Crippen molar-refractivity contribution in [1.82, 2.24) is 9.55 Å². The van der Waals surface area contributed by atoms with Crippen LogP contribution in [-0.2, 0) is 17.9 Å². The molecular weight excluding hydrogens is 292 g/mol. The van der Waals surface area contributed by atoms with Crippen molar-refractivity contribution in [1.29, 1.82) is 5.26 Å². The van der Waals surface area contributed by atoms with Crippen molar-refractivity contribution >= 4 is 22.6 Å². The van der Waals surface area contributed by atoms with E-state index in [4.69, 9.17) is 5.26 Å². The highest BCUT2D eigenvalue weighted by molar-refractivity contribution is 5.91. The summed E-state index contributed by atoms with van der Waals surface area (Å²) < 4.78 is 1.68. The summed E-state index contributed by atoms with van der Waals surface area (Å²) in [5.74, 6) is 0.185. The fourth-order valence-corrected chi connectivity index (χ4v) is 2.43. The fourth-order valence-electron chi connectivity index (χ4n) is 2.43. The van der Waals surface area contributed by atoms with E-state index in [1.54, 1.807) is 28.8 Å². The number of rotatable bonds is 4. The molecular formula is C17H14N4O2. The van der Waals surface area contributed by atoms with Crippen LogP contribution in [0, 0.1) is 11.3 Å². The third-order valence-electron chi connectivity index (χ3n) is 3.45. The number of nitrogens with one attached hydrogen (secondary N) is 1. The zero-order valence-electron chi connectivity index (χ0n) is 12.2. The van der Waals surface area contributed by atoms with Crippen LogP contribution in [0.5, 0.6) is 0 Å². The standard InChI is InChI=1S/C17H14N4O2/c18-9-12-4-3-5-13(8-12)19-17(23)10-21-15-7-2-1-6-14(15)20-16(21)11-22/h1-8,22H,10-11H2,(H,19,23). The van der Waals surface area contributed by atoms with Gasteiger partial charge in [0.1, 0.15) is 19.0 Å². The van der Waals surface area contributed by atoms with Crippen LogP contribution in [0.2, 0.25) is 0 Å². The average molecular weight is 306 g/mol. The fraction of sp³-hybridized carbons (Fsp3) is 0.118. The maximum absolute atomic E-state index is 12.3. The van der Waals surface area contributed by atoms with Gasteiger partial charge < -0.3 is 15.0 Å². The molecule has 2 N–H and O–H groups in total. The number of carbonyl (C=O) groups excluding carboxylic acids is 1. The van der Waals surface area contributed by atoms with Crippen molar-refractivity contribution in [3.05, 3.63) is 59.9 Å². The zero-order valence-corrected chi connectivity index (χ0v) is 12.2. The summed E-state index contributed by atoms with van der Waals surface area (Å²) in [4.78, 5) is 16.6. The van der Waals surface area contributed by atoms with E-state index < -0.39 is 0 Å². The number of imidazole rings is 1. The summed E-state index contributed by atoms with van der Waals surface area (Å²) in [6, 6.07) is 16.1. The average Bonchev–Trinajstić information content (AvgIpc) is 2.93. The molecule has 0 spiro atoms. The predicted octanol–water partition coefficient (Wildman–Crippen LogP) is 2.04. The van der Waals surface area contributed by atoms with Gasteiger partial charge in [0.15, 0.2) is 0 Å². The molecule has 6 heteroatoms. The first kappa shape index (κ1) is 14.8. The van der Waals surface area contributed by atoms with E-state index in [1.165, 1.54) is 0 Å². The van der Waals surface area contributed by atoms with Gasteiger partial charge in [-0.2, -0.15) is 5.26 Å². The number of hydrogen-bond donors (Lipinski definition) is 2. The van der Waals surface area contributed by atoms with Crippen LogP contribution in [0.1, 0.15) is 11.4 Å². The number of benzene rings is 2. The highest BCUT2D eigenvalue weighted by Gasteiger charge is 2.13. The van der Waals surface area contributed by atoms with Crippen molar-refractivity contribution < 1.29 is 9.90 Å². The Hall–Kier alpha value is -3.17. The molecule has 1 heterocycles. The second-order valence-electron chi connectivity index (χ2n) is 5.00. The number of anilines is 1. The Morgan fingerprint density at radius 3 is 2.87 bits per heavy atom. The molecule has 0 aliphatic rings. The smallest absolute Gasteiger partial charge is 0.244 e. The number of carbonyl (C=O) groups is 1. The van der Waals surface area contributed by atoms with Gasteiger partial charge in [0.25, 0.3) is 0 Å². The highest BCUT2D eigenvalue weighted by atomic mass is 16.3. The van der Waals surface area contributed by atoms with Crippen LogP contribution in [0.15, 0.2) is 48.5 Å². The zero-order chi connectivity index (χ0) is 16.2. The maximum atomic E-state index is 12.3. The van der Waals surface area contributed by atoms with Crippen molar-refractivity contribution in [3.63, 3.8) is 0 Å². The van der Waals surface area contributed by atoms with Gasteiger partial charge in [-0.15, -0.1) is 0 Å². The molecule has 114 valence electrons. The van der Waals surface area contributed by atoms with Crippen LogP contribution >= 0.6 is 0 Å². The molecule has 23 heavy (non-hydrogen) atoms. The maximum Gasteiger partial charge on any atom is 0.244 e. The van der Waals surface area contributed by atoms with Gasteiger partial charge in [0, 0.05) is 5.69 Å². The van der Waals surface area contributed by atoms with Crippen molar-refractivity contribution in [2.45, 2.75) is 13.2 Å². The molecule has 0 radical (unpaired) electrons. The Kier molecular flexibility index (Phi) is 4.04. The first-order valence-corrected chi connectivity index (χ1v) is 7.06. The molecule has 0 aliphatic heterocycles. The minimum Gasteiger partial charge on any atom is -0.388 e. The van der Waals surface area contributed by atoms with Gasteiger partial charge in [-0.3, -0.25) is 4.79 Å². The lowest BCUT2D eigenvalue weighted by Gasteiger charge is -2.09. The van der Waals surface area contributed by atoms with E-state index in [2.05, 4.69) is 10.3 Å². The Morgan fingerprint density at radius 1 is 1.26 bits per heavy atom. The molecule has 0 fully saturated rings. The number of aromatic nitrogens is 2.